The molecule has 124 valence electrons. The fraction of sp³-hybridized carbons (Fsp3) is 0.211. The number of halogens is 1. The van der Waals surface area contributed by atoms with Gasteiger partial charge in [-0.3, -0.25) is 0 Å². The summed E-state index contributed by atoms with van der Waals surface area (Å²) in [6.45, 7) is 0.958. The van der Waals surface area contributed by atoms with Crippen molar-refractivity contribution in [1.29, 1.82) is 0 Å². The number of aromatic nitrogens is 2. The van der Waals surface area contributed by atoms with Crippen molar-refractivity contribution < 1.29 is 9.84 Å². The summed E-state index contributed by atoms with van der Waals surface area (Å²) in [5.41, 5.74) is 4.17. The average Bonchev–Trinajstić information content (AvgIpc) is 3.08. The second-order valence-corrected chi connectivity index (χ2v) is 5.80. The van der Waals surface area contributed by atoms with E-state index in [1.165, 1.54) is 0 Å². The first-order chi connectivity index (χ1) is 11.8. The fourth-order valence-electron chi connectivity index (χ4n) is 2.52. The molecule has 24 heavy (non-hydrogen) atoms. The molecule has 3 aromatic rings. The van der Waals surface area contributed by atoms with Gasteiger partial charge >= 0.3 is 0 Å². The highest BCUT2D eigenvalue weighted by Crippen LogP contribution is 2.27. The Hall–Kier alpha value is -2.14. The predicted molar refractivity (Wildman–Crippen MR) is 95.6 cm³/mol. The van der Waals surface area contributed by atoms with Gasteiger partial charge in [-0.1, -0.05) is 41.9 Å². The summed E-state index contributed by atoms with van der Waals surface area (Å²) in [6, 6.07) is 17.9. The van der Waals surface area contributed by atoms with Crippen LogP contribution in [0.5, 0.6) is 0 Å². The molecule has 0 amide bonds. The fourth-order valence-corrected chi connectivity index (χ4v) is 2.65. The van der Waals surface area contributed by atoms with Gasteiger partial charge < -0.3 is 9.84 Å². The molecule has 1 N–H and O–H groups in total. The lowest BCUT2D eigenvalue weighted by molar-refractivity contribution is 0.0940. The van der Waals surface area contributed by atoms with E-state index in [1.807, 2.05) is 59.4 Å². The van der Waals surface area contributed by atoms with E-state index in [-0.39, 0.29) is 6.61 Å². The maximum Gasteiger partial charge on any atom is 0.0723 e. The van der Waals surface area contributed by atoms with E-state index >= 15 is 0 Å². The predicted octanol–water partition coefficient (Wildman–Crippen LogP) is 3.74. The average molecular weight is 343 g/mol. The molecule has 1 heterocycles. The number of benzene rings is 2. The number of hydrogen-bond acceptors (Lipinski definition) is 3. The lowest BCUT2D eigenvalue weighted by Crippen LogP contribution is -2.04. The van der Waals surface area contributed by atoms with Crippen LogP contribution in [0.4, 0.5) is 0 Å². The topological polar surface area (TPSA) is 47.3 Å². The summed E-state index contributed by atoms with van der Waals surface area (Å²) in [5, 5.41) is 14.1. The highest BCUT2D eigenvalue weighted by atomic mass is 35.5. The zero-order chi connectivity index (χ0) is 16.8. The van der Waals surface area contributed by atoms with Crippen LogP contribution >= 0.6 is 11.6 Å². The van der Waals surface area contributed by atoms with Gasteiger partial charge in [0.15, 0.2) is 0 Å². The van der Waals surface area contributed by atoms with E-state index < -0.39 is 0 Å². The molecule has 0 fully saturated rings. The number of hydrogen-bond donors (Lipinski definition) is 1. The van der Waals surface area contributed by atoms with Crippen LogP contribution in [-0.4, -0.2) is 34.7 Å². The van der Waals surface area contributed by atoms with E-state index in [0.717, 1.165) is 34.0 Å². The zero-order valence-corrected chi connectivity index (χ0v) is 14.0. The zero-order valence-electron chi connectivity index (χ0n) is 13.2. The molecule has 0 spiro atoms. The smallest absolute Gasteiger partial charge is 0.0723 e. The normalized spacial score (nSPS) is 10.9. The molecule has 4 nitrogen and oxygen atoms in total. The Bertz CT molecular complexity index is 784. The van der Waals surface area contributed by atoms with Crippen molar-refractivity contribution in [3.05, 3.63) is 71.5 Å². The molecule has 0 atom stereocenters. The van der Waals surface area contributed by atoms with Crippen LogP contribution in [0.25, 0.3) is 16.8 Å². The quantitative estimate of drug-likeness (QED) is 0.665. The molecule has 0 radical (unpaired) electrons. The molecule has 2 aromatic carbocycles. The maximum absolute atomic E-state index is 8.72. The minimum atomic E-state index is 0.0446. The molecule has 0 aliphatic heterocycles. The van der Waals surface area contributed by atoms with Gasteiger partial charge in [0.2, 0.25) is 0 Å². The van der Waals surface area contributed by atoms with Gasteiger partial charge in [-0.25, -0.2) is 4.68 Å². The molecule has 3 rings (SSSR count). The monoisotopic (exact) mass is 342 g/mol. The van der Waals surface area contributed by atoms with Crippen LogP contribution in [-0.2, 0) is 11.2 Å². The van der Waals surface area contributed by atoms with Crippen molar-refractivity contribution in [2.24, 2.45) is 0 Å². The summed E-state index contributed by atoms with van der Waals surface area (Å²) in [6.07, 6.45) is 2.67. The molecular formula is C19H19ClN2O2. The molecule has 0 saturated heterocycles. The van der Waals surface area contributed by atoms with Crippen LogP contribution in [0.15, 0.2) is 60.8 Å². The summed E-state index contributed by atoms with van der Waals surface area (Å²) in [4.78, 5) is 0. The van der Waals surface area contributed by atoms with Crippen molar-refractivity contribution >= 4 is 11.6 Å². The second-order valence-electron chi connectivity index (χ2n) is 5.36. The van der Waals surface area contributed by atoms with E-state index in [0.29, 0.717) is 13.2 Å². The SMILES string of the molecule is OCCOCCc1ccn(-c2ccccc2-c2ccc(Cl)cc2)n1. The largest absolute Gasteiger partial charge is 0.394 e. The van der Waals surface area contributed by atoms with Crippen molar-refractivity contribution in [1.82, 2.24) is 9.78 Å². The first kappa shape index (κ1) is 16.7. The Labute approximate surface area is 146 Å². The van der Waals surface area contributed by atoms with Crippen molar-refractivity contribution in [3.8, 4) is 16.8 Å². The van der Waals surface area contributed by atoms with Crippen LogP contribution in [0, 0.1) is 0 Å². The van der Waals surface area contributed by atoms with Crippen LogP contribution in [0.3, 0.4) is 0 Å². The lowest BCUT2D eigenvalue weighted by atomic mass is 10.0. The van der Waals surface area contributed by atoms with Gasteiger partial charge in [0, 0.05) is 23.2 Å². The van der Waals surface area contributed by atoms with E-state index in [9.17, 15) is 0 Å². The Morgan fingerprint density at radius 2 is 1.79 bits per heavy atom. The van der Waals surface area contributed by atoms with Gasteiger partial charge in [-0.15, -0.1) is 0 Å². The molecule has 0 unspecified atom stereocenters. The van der Waals surface area contributed by atoms with Crippen molar-refractivity contribution in [3.63, 3.8) is 0 Å². The summed E-state index contributed by atoms with van der Waals surface area (Å²) >= 11 is 5.99. The highest BCUT2D eigenvalue weighted by Gasteiger charge is 2.08. The van der Waals surface area contributed by atoms with Gasteiger partial charge in [-0.2, -0.15) is 5.10 Å². The molecular weight excluding hydrogens is 324 g/mol. The molecule has 1 aromatic heterocycles. The standard InChI is InChI=1S/C19H19ClN2O2/c20-16-7-5-15(6-8-16)18-3-1-2-4-19(18)22-11-9-17(21-22)10-13-24-14-12-23/h1-9,11,23H,10,12-14H2. The summed E-state index contributed by atoms with van der Waals surface area (Å²) < 4.78 is 7.17. The lowest BCUT2D eigenvalue weighted by Gasteiger charge is -2.10. The second kappa shape index (κ2) is 8.11. The number of rotatable bonds is 7. The van der Waals surface area contributed by atoms with Crippen LogP contribution < -0.4 is 0 Å². The minimum Gasteiger partial charge on any atom is -0.394 e. The molecule has 5 heteroatoms. The maximum atomic E-state index is 8.72. The number of para-hydroxylation sites is 1. The van der Waals surface area contributed by atoms with E-state index in [1.54, 1.807) is 0 Å². The number of aliphatic hydroxyl groups is 1. The third-order valence-corrected chi connectivity index (χ3v) is 3.94. The first-order valence-corrected chi connectivity index (χ1v) is 8.24. The molecule has 0 bridgehead atoms. The van der Waals surface area contributed by atoms with Crippen molar-refractivity contribution in [2.75, 3.05) is 19.8 Å². The molecule has 0 aliphatic carbocycles. The summed E-state index contributed by atoms with van der Waals surface area (Å²) in [5.74, 6) is 0. The Kier molecular flexibility index (Phi) is 5.64. The summed E-state index contributed by atoms with van der Waals surface area (Å²) in [7, 11) is 0. The number of nitrogens with zero attached hydrogens (tertiary/aromatic N) is 2. The first-order valence-electron chi connectivity index (χ1n) is 7.86. The third kappa shape index (κ3) is 4.03. The van der Waals surface area contributed by atoms with E-state index in [2.05, 4.69) is 11.2 Å². The Morgan fingerprint density at radius 1 is 1.00 bits per heavy atom. The van der Waals surface area contributed by atoms with Gasteiger partial charge in [0.1, 0.15) is 0 Å². The van der Waals surface area contributed by atoms with Gasteiger partial charge in [-0.05, 0) is 29.8 Å². The highest BCUT2D eigenvalue weighted by molar-refractivity contribution is 6.30. The third-order valence-electron chi connectivity index (χ3n) is 3.69. The Morgan fingerprint density at radius 3 is 2.58 bits per heavy atom. The van der Waals surface area contributed by atoms with Gasteiger partial charge in [0.25, 0.3) is 0 Å². The van der Waals surface area contributed by atoms with Crippen molar-refractivity contribution in [2.45, 2.75) is 6.42 Å². The van der Waals surface area contributed by atoms with Crippen LogP contribution in [0.1, 0.15) is 5.69 Å². The number of ether oxygens (including phenoxy) is 1. The molecule has 0 aliphatic rings. The number of aliphatic hydroxyl groups excluding tert-OH is 1. The van der Waals surface area contributed by atoms with E-state index in [4.69, 9.17) is 21.4 Å². The molecule has 0 saturated carbocycles. The Balaban J connectivity index is 1.82. The van der Waals surface area contributed by atoms with Gasteiger partial charge in [0.05, 0.1) is 31.2 Å². The van der Waals surface area contributed by atoms with Crippen LogP contribution in [0.2, 0.25) is 5.02 Å². The minimum absolute atomic E-state index is 0.0446.